The van der Waals surface area contributed by atoms with Crippen molar-refractivity contribution in [1.29, 1.82) is 0 Å². The summed E-state index contributed by atoms with van der Waals surface area (Å²) in [5.41, 5.74) is 3.32. The number of nitrogens with zero attached hydrogens (tertiary/aromatic N) is 4. The highest BCUT2D eigenvalue weighted by Crippen LogP contribution is 2.26. The number of H-pyrrole nitrogens is 2. The third kappa shape index (κ3) is 2.06. The van der Waals surface area contributed by atoms with Crippen LogP contribution < -0.4 is 4.90 Å². The van der Waals surface area contributed by atoms with E-state index in [1.165, 1.54) is 0 Å². The lowest BCUT2D eigenvalue weighted by molar-refractivity contribution is 0.0986. The highest BCUT2D eigenvalue weighted by Gasteiger charge is 2.21. The second-order valence-electron chi connectivity index (χ2n) is 5.21. The van der Waals surface area contributed by atoms with Crippen LogP contribution >= 0.6 is 0 Å². The Labute approximate surface area is 121 Å². The fourth-order valence-corrected chi connectivity index (χ4v) is 2.69. The number of nitrogens with one attached hydrogen (secondary N) is 2. The topological polar surface area (TPSA) is 82.7 Å². The van der Waals surface area contributed by atoms with Gasteiger partial charge in [0.25, 0.3) is 0 Å². The third-order valence-electron chi connectivity index (χ3n) is 3.80. The van der Waals surface area contributed by atoms with E-state index in [0.29, 0.717) is 6.04 Å². The van der Waals surface area contributed by atoms with Crippen LogP contribution in [0.5, 0.6) is 0 Å². The minimum Gasteiger partial charge on any atom is -0.377 e. The van der Waals surface area contributed by atoms with Gasteiger partial charge in [-0.2, -0.15) is 10.2 Å². The Balaban J connectivity index is 1.80. The standard InChI is InChI=1S/C14H16N6O/c1-9-8-21-7-6-20(9)12-3-2-10-13(16-12)14(19-18-10)11-4-5-15-17-11/h2-5,9H,6-8H2,1H3,(H,15,17)(H,18,19). The van der Waals surface area contributed by atoms with E-state index in [1.807, 2.05) is 18.2 Å². The molecular weight excluding hydrogens is 268 g/mol. The summed E-state index contributed by atoms with van der Waals surface area (Å²) in [6.07, 6.45) is 1.78. The average Bonchev–Trinajstić information content (AvgIpc) is 3.16. The van der Waals surface area contributed by atoms with E-state index in [-0.39, 0.29) is 0 Å². The number of aromatic amines is 2. The predicted octanol–water partition coefficient (Wildman–Crippen LogP) is 1.57. The fraction of sp³-hybridized carbons (Fsp3) is 0.357. The number of aromatic nitrogens is 5. The van der Waals surface area contributed by atoms with Crippen molar-refractivity contribution >= 4 is 16.9 Å². The zero-order valence-electron chi connectivity index (χ0n) is 11.7. The molecule has 0 saturated carbocycles. The molecule has 1 unspecified atom stereocenters. The molecule has 7 nitrogen and oxygen atoms in total. The Hall–Kier alpha value is -2.41. The maximum absolute atomic E-state index is 5.49. The Morgan fingerprint density at radius 1 is 1.29 bits per heavy atom. The summed E-state index contributed by atoms with van der Waals surface area (Å²) < 4.78 is 5.49. The van der Waals surface area contributed by atoms with Crippen LogP contribution in [-0.4, -0.2) is 51.2 Å². The highest BCUT2D eigenvalue weighted by molar-refractivity contribution is 5.89. The highest BCUT2D eigenvalue weighted by atomic mass is 16.5. The monoisotopic (exact) mass is 284 g/mol. The number of pyridine rings is 1. The number of morpholine rings is 1. The number of fused-ring (bicyclic) bond motifs is 1. The third-order valence-corrected chi connectivity index (χ3v) is 3.80. The van der Waals surface area contributed by atoms with E-state index >= 15 is 0 Å². The van der Waals surface area contributed by atoms with Crippen LogP contribution in [-0.2, 0) is 4.74 Å². The van der Waals surface area contributed by atoms with Gasteiger partial charge in [0.2, 0.25) is 0 Å². The predicted molar refractivity (Wildman–Crippen MR) is 79.1 cm³/mol. The maximum Gasteiger partial charge on any atom is 0.139 e. The van der Waals surface area contributed by atoms with Crippen LogP contribution in [0.3, 0.4) is 0 Å². The fourth-order valence-electron chi connectivity index (χ4n) is 2.69. The maximum atomic E-state index is 5.49. The summed E-state index contributed by atoms with van der Waals surface area (Å²) in [4.78, 5) is 7.06. The molecule has 4 heterocycles. The molecule has 7 heteroatoms. The van der Waals surface area contributed by atoms with Crippen LogP contribution in [0.4, 0.5) is 5.82 Å². The van der Waals surface area contributed by atoms with Gasteiger partial charge >= 0.3 is 0 Å². The molecule has 0 amide bonds. The molecule has 4 rings (SSSR count). The number of hydrogen-bond acceptors (Lipinski definition) is 5. The van der Waals surface area contributed by atoms with Gasteiger partial charge in [0, 0.05) is 12.7 Å². The Morgan fingerprint density at radius 3 is 3.05 bits per heavy atom. The average molecular weight is 284 g/mol. The number of anilines is 1. The normalized spacial score (nSPS) is 19.3. The molecule has 3 aromatic rings. The van der Waals surface area contributed by atoms with E-state index in [4.69, 9.17) is 9.72 Å². The molecule has 1 aliphatic rings. The Kier molecular flexibility index (Phi) is 2.85. The Morgan fingerprint density at radius 2 is 2.24 bits per heavy atom. The van der Waals surface area contributed by atoms with Gasteiger partial charge in [0.05, 0.1) is 24.8 Å². The first-order chi connectivity index (χ1) is 10.3. The second-order valence-corrected chi connectivity index (χ2v) is 5.21. The SMILES string of the molecule is CC1COCCN1c1ccc2[nH]nc(-c3cc[nH]n3)c2n1. The summed E-state index contributed by atoms with van der Waals surface area (Å²) >= 11 is 0. The van der Waals surface area contributed by atoms with Crippen molar-refractivity contribution in [3.05, 3.63) is 24.4 Å². The van der Waals surface area contributed by atoms with Crippen molar-refractivity contribution in [1.82, 2.24) is 25.4 Å². The summed E-state index contributed by atoms with van der Waals surface area (Å²) in [7, 11) is 0. The minimum absolute atomic E-state index is 0.324. The van der Waals surface area contributed by atoms with Crippen molar-refractivity contribution < 1.29 is 4.74 Å². The Bertz CT molecular complexity index is 750. The minimum atomic E-state index is 0.324. The molecule has 2 N–H and O–H groups in total. The lowest BCUT2D eigenvalue weighted by Gasteiger charge is -2.34. The number of hydrogen-bond donors (Lipinski definition) is 2. The van der Waals surface area contributed by atoms with Gasteiger partial charge in [-0.05, 0) is 25.1 Å². The van der Waals surface area contributed by atoms with Crippen molar-refractivity contribution in [2.24, 2.45) is 0 Å². The van der Waals surface area contributed by atoms with Crippen LogP contribution in [0, 0.1) is 0 Å². The zero-order chi connectivity index (χ0) is 14.2. The first-order valence-electron chi connectivity index (χ1n) is 7.02. The molecule has 108 valence electrons. The van der Waals surface area contributed by atoms with Crippen LogP contribution in [0.15, 0.2) is 24.4 Å². The van der Waals surface area contributed by atoms with E-state index in [2.05, 4.69) is 32.2 Å². The molecule has 1 aliphatic heterocycles. The van der Waals surface area contributed by atoms with Gasteiger partial charge in [-0.1, -0.05) is 0 Å². The molecule has 1 atom stereocenters. The number of rotatable bonds is 2. The van der Waals surface area contributed by atoms with Crippen LogP contribution in [0.1, 0.15) is 6.92 Å². The quantitative estimate of drug-likeness (QED) is 0.746. The lowest BCUT2D eigenvalue weighted by atomic mass is 10.2. The van der Waals surface area contributed by atoms with Gasteiger partial charge in [-0.3, -0.25) is 10.2 Å². The molecule has 1 fully saturated rings. The summed E-state index contributed by atoms with van der Waals surface area (Å²) in [6.45, 7) is 4.48. The molecule has 0 spiro atoms. The van der Waals surface area contributed by atoms with Crippen LogP contribution in [0.2, 0.25) is 0 Å². The van der Waals surface area contributed by atoms with E-state index < -0.39 is 0 Å². The molecule has 0 aromatic carbocycles. The zero-order valence-corrected chi connectivity index (χ0v) is 11.7. The van der Waals surface area contributed by atoms with Gasteiger partial charge in [0.1, 0.15) is 22.7 Å². The molecule has 0 bridgehead atoms. The molecule has 0 radical (unpaired) electrons. The molecule has 21 heavy (non-hydrogen) atoms. The molecular formula is C14H16N6O. The second kappa shape index (κ2) is 4.85. The largest absolute Gasteiger partial charge is 0.377 e. The van der Waals surface area contributed by atoms with Gasteiger partial charge in [-0.15, -0.1) is 0 Å². The number of ether oxygens (including phenoxy) is 1. The summed E-state index contributed by atoms with van der Waals surface area (Å²) in [6, 6.07) is 6.26. The van der Waals surface area contributed by atoms with Crippen molar-refractivity contribution in [2.45, 2.75) is 13.0 Å². The van der Waals surface area contributed by atoms with Crippen molar-refractivity contribution in [3.8, 4) is 11.4 Å². The smallest absolute Gasteiger partial charge is 0.139 e. The molecule has 0 aliphatic carbocycles. The van der Waals surface area contributed by atoms with Gasteiger partial charge in [-0.25, -0.2) is 4.98 Å². The van der Waals surface area contributed by atoms with Gasteiger partial charge < -0.3 is 9.64 Å². The summed E-state index contributed by atoms with van der Waals surface area (Å²) in [5.74, 6) is 0.955. The molecule has 3 aromatic heterocycles. The van der Waals surface area contributed by atoms with Crippen LogP contribution in [0.25, 0.3) is 22.4 Å². The van der Waals surface area contributed by atoms with E-state index in [1.54, 1.807) is 6.20 Å². The summed E-state index contributed by atoms with van der Waals surface area (Å²) in [5, 5.41) is 14.3. The lowest BCUT2D eigenvalue weighted by Crippen LogP contribution is -2.44. The van der Waals surface area contributed by atoms with Crippen molar-refractivity contribution in [2.75, 3.05) is 24.7 Å². The molecule has 1 saturated heterocycles. The van der Waals surface area contributed by atoms with E-state index in [9.17, 15) is 0 Å². The first-order valence-corrected chi connectivity index (χ1v) is 7.02. The van der Waals surface area contributed by atoms with Crippen molar-refractivity contribution in [3.63, 3.8) is 0 Å². The van der Waals surface area contributed by atoms with Gasteiger partial charge in [0.15, 0.2) is 0 Å². The first kappa shape index (κ1) is 12.3. The van der Waals surface area contributed by atoms with E-state index in [0.717, 1.165) is 48.0 Å².